The van der Waals surface area contributed by atoms with Gasteiger partial charge in [-0.3, -0.25) is 9.59 Å². The number of nitrogens with one attached hydrogen (secondary N) is 3. The Labute approximate surface area is 195 Å². The Kier molecular flexibility index (Phi) is 11.5. The van der Waals surface area contributed by atoms with Gasteiger partial charge >= 0.3 is 0 Å². The van der Waals surface area contributed by atoms with E-state index in [1.54, 1.807) is 19.0 Å². The zero-order chi connectivity index (χ0) is 21.1. The molecule has 2 aromatic carbocycles. The van der Waals surface area contributed by atoms with Gasteiger partial charge < -0.3 is 20.9 Å². The summed E-state index contributed by atoms with van der Waals surface area (Å²) in [5.74, 6) is 0.388. The smallest absolute Gasteiger partial charge is 0.253 e. The van der Waals surface area contributed by atoms with Crippen LogP contribution in [-0.4, -0.2) is 56.4 Å². The highest BCUT2D eigenvalue weighted by Crippen LogP contribution is 2.08. The lowest BCUT2D eigenvalue weighted by Gasteiger charge is -2.13. The van der Waals surface area contributed by atoms with Crippen molar-refractivity contribution in [1.29, 1.82) is 0 Å². The third-order valence-electron chi connectivity index (χ3n) is 4.07. The maximum Gasteiger partial charge on any atom is 0.253 e. The molecule has 2 aromatic rings. The number of para-hydroxylation sites is 1. The summed E-state index contributed by atoms with van der Waals surface area (Å²) in [4.78, 5) is 30.0. The SMILES string of the molecule is CCNC(=NCC(=O)Nc1ccccc1)NCCc1cccc(C(=O)N(C)C)c1.I. The van der Waals surface area contributed by atoms with Crippen molar-refractivity contribution >= 4 is 47.4 Å². The van der Waals surface area contributed by atoms with Gasteiger partial charge in [0.25, 0.3) is 5.91 Å². The molecule has 0 atom stereocenters. The second-order valence-electron chi connectivity index (χ2n) is 6.69. The van der Waals surface area contributed by atoms with Crippen molar-refractivity contribution < 1.29 is 9.59 Å². The Morgan fingerprint density at radius 1 is 1.00 bits per heavy atom. The number of amides is 2. The molecule has 0 aromatic heterocycles. The molecular weight excluding hydrogens is 493 g/mol. The Bertz CT molecular complexity index is 840. The summed E-state index contributed by atoms with van der Waals surface area (Å²) in [7, 11) is 3.48. The highest BCUT2D eigenvalue weighted by molar-refractivity contribution is 14.0. The quantitative estimate of drug-likeness (QED) is 0.282. The molecule has 8 heteroatoms. The van der Waals surface area contributed by atoms with Crippen LogP contribution in [0.3, 0.4) is 0 Å². The first-order valence-electron chi connectivity index (χ1n) is 9.67. The topological polar surface area (TPSA) is 85.8 Å². The summed E-state index contributed by atoms with van der Waals surface area (Å²) in [6.07, 6.45) is 0.731. The lowest BCUT2D eigenvalue weighted by atomic mass is 10.1. The first-order valence-corrected chi connectivity index (χ1v) is 9.67. The molecule has 0 saturated carbocycles. The molecule has 2 rings (SSSR count). The van der Waals surface area contributed by atoms with Crippen molar-refractivity contribution in [3.8, 4) is 0 Å². The molecular formula is C22H30IN5O2. The van der Waals surface area contributed by atoms with Crippen LogP contribution >= 0.6 is 24.0 Å². The number of guanidine groups is 1. The Balaban J connectivity index is 0.00000450. The molecule has 0 radical (unpaired) electrons. The molecule has 0 fully saturated rings. The van der Waals surface area contributed by atoms with Gasteiger partial charge in [-0.25, -0.2) is 4.99 Å². The van der Waals surface area contributed by atoms with E-state index in [4.69, 9.17) is 0 Å². The largest absolute Gasteiger partial charge is 0.357 e. The first kappa shape index (κ1) is 25.4. The molecule has 0 aliphatic heterocycles. The Morgan fingerprint density at radius 3 is 2.40 bits per heavy atom. The van der Waals surface area contributed by atoms with E-state index in [1.807, 2.05) is 61.5 Å². The number of hydrogen-bond donors (Lipinski definition) is 3. The van der Waals surface area contributed by atoms with Gasteiger partial charge in [-0.2, -0.15) is 0 Å². The van der Waals surface area contributed by atoms with Crippen LogP contribution in [-0.2, 0) is 11.2 Å². The van der Waals surface area contributed by atoms with E-state index >= 15 is 0 Å². The Hall–Kier alpha value is -2.62. The van der Waals surface area contributed by atoms with E-state index < -0.39 is 0 Å². The number of benzene rings is 2. The predicted octanol–water partition coefficient (Wildman–Crippen LogP) is 2.74. The van der Waals surface area contributed by atoms with Gasteiger partial charge in [-0.05, 0) is 43.2 Å². The van der Waals surface area contributed by atoms with Crippen LogP contribution < -0.4 is 16.0 Å². The Morgan fingerprint density at radius 2 is 1.73 bits per heavy atom. The fourth-order valence-electron chi connectivity index (χ4n) is 2.66. The van der Waals surface area contributed by atoms with Gasteiger partial charge in [0.1, 0.15) is 6.54 Å². The summed E-state index contributed by atoms with van der Waals surface area (Å²) >= 11 is 0. The first-order chi connectivity index (χ1) is 14.0. The molecule has 0 heterocycles. The third kappa shape index (κ3) is 8.81. The van der Waals surface area contributed by atoms with Gasteiger partial charge in [0.05, 0.1) is 0 Å². The average molecular weight is 523 g/mol. The molecule has 0 aliphatic carbocycles. The van der Waals surface area contributed by atoms with Crippen LogP contribution in [0.2, 0.25) is 0 Å². The van der Waals surface area contributed by atoms with Gasteiger partial charge in [0.15, 0.2) is 5.96 Å². The van der Waals surface area contributed by atoms with Crippen LogP contribution in [0, 0.1) is 0 Å². The van der Waals surface area contributed by atoms with E-state index in [0.29, 0.717) is 24.6 Å². The van der Waals surface area contributed by atoms with Gasteiger partial charge in [-0.1, -0.05) is 30.3 Å². The third-order valence-corrected chi connectivity index (χ3v) is 4.07. The molecule has 3 N–H and O–H groups in total. The van der Waals surface area contributed by atoms with Crippen LogP contribution in [0.1, 0.15) is 22.8 Å². The number of hydrogen-bond acceptors (Lipinski definition) is 3. The second-order valence-corrected chi connectivity index (χ2v) is 6.69. The molecule has 0 aliphatic rings. The number of aliphatic imine (C=N–C) groups is 1. The lowest BCUT2D eigenvalue weighted by Crippen LogP contribution is -2.39. The normalized spacial score (nSPS) is 10.6. The number of rotatable bonds is 8. The summed E-state index contributed by atoms with van der Waals surface area (Å²) in [5.41, 5.74) is 2.48. The van der Waals surface area contributed by atoms with E-state index in [1.165, 1.54) is 0 Å². The van der Waals surface area contributed by atoms with E-state index in [9.17, 15) is 9.59 Å². The second kappa shape index (κ2) is 13.6. The molecule has 0 unspecified atom stereocenters. The number of nitrogens with zero attached hydrogens (tertiary/aromatic N) is 2. The lowest BCUT2D eigenvalue weighted by molar-refractivity contribution is -0.114. The zero-order valence-corrected chi connectivity index (χ0v) is 20.0. The van der Waals surface area contributed by atoms with Crippen molar-refractivity contribution in [2.75, 3.05) is 39.0 Å². The van der Waals surface area contributed by atoms with Crippen molar-refractivity contribution in [1.82, 2.24) is 15.5 Å². The van der Waals surface area contributed by atoms with Gasteiger partial charge in [0.2, 0.25) is 5.91 Å². The summed E-state index contributed by atoms with van der Waals surface area (Å²) in [6.45, 7) is 3.32. The highest BCUT2D eigenvalue weighted by Gasteiger charge is 2.08. The maximum atomic E-state index is 12.1. The van der Waals surface area contributed by atoms with Gasteiger partial charge in [0, 0.05) is 38.4 Å². The van der Waals surface area contributed by atoms with Crippen molar-refractivity contribution in [3.63, 3.8) is 0 Å². The number of carbonyl (C=O) groups is 2. The van der Waals surface area contributed by atoms with Crippen LogP contribution in [0.15, 0.2) is 59.6 Å². The van der Waals surface area contributed by atoms with Crippen LogP contribution in [0.25, 0.3) is 0 Å². The number of anilines is 1. The molecule has 162 valence electrons. The van der Waals surface area contributed by atoms with Crippen LogP contribution in [0.5, 0.6) is 0 Å². The summed E-state index contributed by atoms with van der Waals surface area (Å²) in [5, 5.41) is 9.16. The minimum atomic E-state index is -0.177. The van der Waals surface area contributed by atoms with Crippen LogP contribution in [0.4, 0.5) is 5.69 Å². The molecule has 2 amide bonds. The zero-order valence-electron chi connectivity index (χ0n) is 17.6. The fourth-order valence-corrected chi connectivity index (χ4v) is 2.66. The maximum absolute atomic E-state index is 12.1. The van der Waals surface area contributed by atoms with E-state index in [0.717, 1.165) is 17.7 Å². The minimum Gasteiger partial charge on any atom is -0.357 e. The van der Waals surface area contributed by atoms with E-state index in [-0.39, 0.29) is 42.3 Å². The molecule has 7 nitrogen and oxygen atoms in total. The fraction of sp³-hybridized carbons (Fsp3) is 0.318. The molecule has 0 saturated heterocycles. The minimum absolute atomic E-state index is 0. The molecule has 0 bridgehead atoms. The number of halogens is 1. The highest BCUT2D eigenvalue weighted by atomic mass is 127. The number of carbonyl (C=O) groups excluding carboxylic acids is 2. The standard InChI is InChI=1S/C22H29N5O2.HI/c1-4-23-22(25-16-20(28)26-19-11-6-5-7-12-19)24-14-13-17-9-8-10-18(15-17)21(29)27(2)3;/h5-12,15H,4,13-14,16H2,1-3H3,(H,26,28)(H2,23,24,25);1H. The van der Waals surface area contributed by atoms with Crippen molar-refractivity contribution in [2.24, 2.45) is 4.99 Å². The van der Waals surface area contributed by atoms with Crippen molar-refractivity contribution in [2.45, 2.75) is 13.3 Å². The predicted molar refractivity (Wildman–Crippen MR) is 133 cm³/mol. The average Bonchev–Trinajstić information content (AvgIpc) is 2.72. The molecule has 30 heavy (non-hydrogen) atoms. The van der Waals surface area contributed by atoms with Crippen molar-refractivity contribution in [3.05, 3.63) is 65.7 Å². The van der Waals surface area contributed by atoms with E-state index in [2.05, 4.69) is 20.9 Å². The summed E-state index contributed by atoms with van der Waals surface area (Å²) in [6, 6.07) is 16.9. The summed E-state index contributed by atoms with van der Waals surface area (Å²) < 4.78 is 0. The monoisotopic (exact) mass is 523 g/mol. The molecule has 0 spiro atoms. The van der Waals surface area contributed by atoms with Gasteiger partial charge in [-0.15, -0.1) is 24.0 Å².